The predicted molar refractivity (Wildman–Crippen MR) is 149 cm³/mol. The fraction of sp³-hybridized carbons (Fsp3) is 0.562. The molecule has 1 saturated carbocycles. The maximum atomic E-state index is 12.5. The van der Waals surface area contributed by atoms with Gasteiger partial charge in [0.15, 0.2) is 0 Å². The van der Waals surface area contributed by atoms with E-state index in [0.29, 0.717) is 12.6 Å². The van der Waals surface area contributed by atoms with Crippen LogP contribution in [0.25, 0.3) is 11.1 Å². The van der Waals surface area contributed by atoms with Gasteiger partial charge in [-0.05, 0) is 35.1 Å². The molecule has 0 aromatic heterocycles. The first-order valence-corrected chi connectivity index (χ1v) is 14.7. The molecule has 4 aliphatic heterocycles. The number of hydrogen-bond acceptors (Lipinski definition) is 7. The number of benzene rings is 2. The molecule has 210 valence electrons. The molecule has 5 aliphatic rings. The van der Waals surface area contributed by atoms with Crippen LogP contribution in [0.2, 0.25) is 0 Å². The Morgan fingerprint density at radius 1 is 0.900 bits per heavy atom. The van der Waals surface area contributed by atoms with E-state index in [1.807, 2.05) is 12.1 Å². The fourth-order valence-electron chi connectivity index (χ4n) is 7.04. The summed E-state index contributed by atoms with van der Waals surface area (Å²) in [6.07, 6.45) is 1.81. The molecule has 7 rings (SSSR count). The Hall–Kier alpha value is -2.80. The second kappa shape index (κ2) is 10.6. The predicted octanol–water partition coefficient (Wildman–Crippen LogP) is 2.75. The van der Waals surface area contributed by atoms with E-state index in [-0.39, 0.29) is 28.7 Å². The highest BCUT2D eigenvalue weighted by Crippen LogP contribution is 2.50. The topological polar surface area (TPSA) is 87.1 Å². The molecule has 2 aromatic rings. The highest BCUT2D eigenvalue weighted by Gasteiger charge is 2.52. The van der Waals surface area contributed by atoms with Crippen LogP contribution in [0.15, 0.2) is 48.5 Å². The van der Waals surface area contributed by atoms with Crippen molar-refractivity contribution in [1.29, 1.82) is 5.26 Å². The van der Waals surface area contributed by atoms with Crippen molar-refractivity contribution >= 4 is 5.91 Å². The molecule has 2 aromatic carbocycles. The number of rotatable bonds is 8. The van der Waals surface area contributed by atoms with Crippen LogP contribution in [-0.4, -0.2) is 94.1 Å². The number of nitrogens with zero attached hydrogens (tertiary/aromatic N) is 3. The van der Waals surface area contributed by atoms with E-state index in [0.717, 1.165) is 95.4 Å². The molecule has 4 saturated heterocycles. The first kappa shape index (κ1) is 26.1. The number of amides is 1. The SMILES string of the molecule is N#C[C@H](CNC(=O)C1CC2(COC2)C1)c1ccc(-c2ccc(C3(N4CCN(C5COC5)CC4)COC3)cc2)cc1. The van der Waals surface area contributed by atoms with Crippen molar-refractivity contribution in [2.24, 2.45) is 11.3 Å². The van der Waals surface area contributed by atoms with Crippen molar-refractivity contribution in [3.63, 3.8) is 0 Å². The molecule has 0 unspecified atom stereocenters. The minimum Gasteiger partial charge on any atom is -0.380 e. The fourth-order valence-corrected chi connectivity index (χ4v) is 7.04. The molecule has 1 amide bonds. The lowest BCUT2D eigenvalue weighted by molar-refractivity contribution is -0.183. The van der Waals surface area contributed by atoms with E-state index in [1.54, 1.807) is 0 Å². The van der Waals surface area contributed by atoms with Crippen molar-refractivity contribution in [2.75, 3.05) is 72.4 Å². The van der Waals surface area contributed by atoms with Gasteiger partial charge in [-0.1, -0.05) is 48.5 Å². The largest absolute Gasteiger partial charge is 0.380 e. The smallest absolute Gasteiger partial charge is 0.223 e. The third-order valence-electron chi connectivity index (χ3n) is 9.99. The summed E-state index contributed by atoms with van der Waals surface area (Å²) in [4.78, 5) is 17.7. The van der Waals surface area contributed by atoms with Crippen molar-refractivity contribution in [3.05, 3.63) is 59.7 Å². The van der Waals surface area contributed by atoms with Crippen molar-refractivity contribution in [2.45, 2.75) is 30.3 Å². The molecule has 1 aliphatic carbocycles. The Morgan fingerprint density at radius 2 is 1.52 bits per heavy atom. The number of ether oxygens (including phenoxy) is 3. The number of carbonyl (C=O) groups is 1. The van der Waals surface area contributed by atoms with Crippen LogP contribution in [0, 0.1) is 22.7 Å². The molecule has 0 radical (unpaired) electrons. The van der Waals surface area contributed by atoms with Crippen LogP contribution in [0.3, 0.4) is 0 Å². The molecule has 1 atom stereocenters. The van der Waals surface area contributed by atoms with Gasteiger partial charge in [-0.15, -0.1) is 0 Å². The standard InChI is InChI=1S/C32H38N4O4/c33-15-27(16-34-30(37)26-13-31(14-26)19-39-20-31)25-3-1-23(2-4-25)24-5-7-28(8-6-24)32(21-40-22-32)36-11-9-35(10-12-36)29-17-38-18-29/h1-8,26-27,29H,9-14,16-22H2,(H,34,37)/t27-/m1/s1. The Morgan fingerprint density at radius 3 is 2.02 bits per heavy atom. The van der Waals surface area contributed by atoms with Gasteiger partial charge in [0.05, 0.1) is 63.2 Å². The van der Waals surface area contributed by atoms with E-state index in [4.69, 9.17) is 14.2 Å². The molecule has 1 N–H and O–H groups in total. The lowest BCUT2D eigenvalue weighted by atomic mass is 9.60. The summed E-state index contributed by atoms with van der Waals surface area (Å²) in [5.74, 6) is -0.234. The Balaban J connectivity index is 0.958. The van der Waals surface area contributed by atoms with Crippen LogP contribution >= 0.6 is 0 Å². The monoisotopic (exact) mass is 542 g/mol. The molecule has 8 heteroatoms. The lowest BCUT2D eigenvalue weighted by Gasteiger charge is -2.53. The summed E-state index contributed by atoms with van der Waals surface area (Å²) in [7, 11) is 0. The van der Waals surface area contributed by atoms with E-state index in [1.165, 1.54) is 5.56 Å². The first-order chi connectivity index (χ1) is 19.6. The zero-order chi connectivity index (χ0) is 27.2. The summed E-state index contributed by atoms with van der Waals surface area (Å²) in [5, 5.41) is 12.8. The van der Waals surface area contributed by atoms with E-state index in [9.17, 15) is 10.1 Å². The Labute approximate surface area is 236 Å². The second-order valence-electron chi connectivity index (χ2n) is 12.5. The minimum atomic E-state index is -0.364. The third kappa shape index (κ3) is 4.64. The van der Waals surface area contributed by atoms with Gasteiger partial charge in [-0.2, -0.15) is 5.26 Å². The maximum absolute atomic E-state index is 12.5. The van der Waals surface area contributed by atoms with Gasteiger partial charge in [0.1, 0.15) is 0 Å². The summed E-state index contributed by atoms with van der Waals surface area (Å²) >= 11 is 0. The molecule has 8 nitrogen and oxygen atoms in total. The summed E-state index contributed by atoms with van der Waals surface area (Å²) in [6, 6.07) is 20.1. The molecular formula is C32H38N4O4. The molecule has 1 spiro atoms. The van der Waals surface area contributed by atoms with Gasteiger partial charge < -0.3 is 19.5 Å². The summed E-state index contributed by atoms with van der Waals surface area (Å²) in [6.45, 7) is 9.45. The first-order valence-electron chi connectivity index (χ1n) is 14.7. The number of hydrogen-bond donors (Lipinski definition) is 1. The van der Waals surface area contributed by atoms with Gasteiger partial charge >= 0.3 is 0 Å². The lowest BCUT2D eigenvalue weighted by Crippen LogP contribution is -2.65. The molecule has 5 fully saturated rings. The zero-order valence-electron chi connectivity index (χ0n) is 23.0. The quantitative estimate of drug-likeness (QED) is 0.549. The molecule has 40 heavy (non-hydrogen) atoms. The maximum Gasteiger partial charge on any atom is 0.223 e. The van der Waals surface area contributed by atoms with Gasteiger partial charge in [0.25, 0.3) is 0 Å². The van der Waals surface area contributed by atoms with Crippen molar-refractivity contribution < 1.29 is 19.0 Å². The van der Waals surface area contributed by atoms with Gasteiger partial charge in [0, 0.05) is 44.1 Å². The normalized spacial score (nSPS) is 25.1. The average Bonchev–Trinajstić information content (AvgIpc) is 2.88. The van der Waals surface area contributed by atoms with E-state index in [2.05, 4.69) is 57.6 Å². The van der Waals surface area contributed by atoms with Crippen molar-refractivity contribution in [1.82, 2.24) is 15.1 Å². The van der Waals surface area contributed by atoms with E-state index >= 15 is 0 Å². The van der Waals surface area contributed by atoms with Crippen LogP contribution in [0.5, 0.6) is 0 Å². The third-order valence-corrected chi connectivity index (χ3v) is 9.99. The molecule has 4 heterocycles. The minimum absolute atomic E-state index is 0.0270. The Kier molecular flexibility index (Phi) is 6.89. The summed E-state index contributed by atoms with van der Waals surface area (Å²) in [5.41, 5.74) is 4.76. The zero-order valence-corrected chi connectivity index (χ0v) is 23.0. The molecular weight excluding hydrogens is 504 g/mol. The van der Waals surface area contributed by atoms with Gasteiger partial charge in [-0.3, -0.25) is 14.6 Å². The number of nitriles is 1. The number of nitrogens with one attached hydrogen (secondary N) is 1. The van der Waals surface area contributed by atoms with Crippen molar-refractivity contribution in [3.8, 4) is 17.2 Å². The van der Waals surface area contributed by atoms with E-state index < -0.39 is 0 Å². The van der Waals surface area contributed by atoms with Crippen LogP contribution in [0.4, 0.5) is 0 Å². The van der Waals surface area contributed by atoms with Gasteiger partial charge in [-0.25, -0.2) is 0 Å². The number of carbonyl (C=O) groups excluding carboxylic acids is 1. The highest BCUT2D eigenvalue weighted by atomic mass is 16.5. The van der Waals surface area contributed by atoms with Crippen LogP contribution < -0.4 is 5.32 Å². The average molecular weight is 543 g/mol. The van der Waals surface area contributed by atoms with Gasteiger partial charge in [0.2, 0.25) is 5.91 Å². The highest BCUT2D eigenvalue weighted by molar-refractivity contribution is 5.80. The number of piperazine rings is 1. The molecule has 0 bridgehead atoms. The Bertz CT molecular complexity index is 1250. The van der Waals surface area contributed by atoms with Crippen LogP contribution in [-0.2, 0) is 24.5 Å². The van der Waals surface area contributed by atoms with Crippen LogP contribution in [0.1, 0.15) is 29.9 Å². The second-order valence-corrected chi connectivity index (χ2v) is 12.5. The summed E-state index contributed by atoms with van der Waals surface area (Å²) < 4.78 is 16.5.